The van der Waals surface area contributed by atoms with Crippen molar-refractivity contribution >= 4 is 22.6 Å². The third-order valence-corrected chi connectivity index (χ3v) is 7.73. The minimum absolute atomic E-state index is 0.0438. The highest BCUT2D eigenvalue weighted by Gasteiger charge is 2.27. The number of ether oxygens (including phenoxy) is 2. The van der Waals surface area contributed by atoms with Crippen molar-refractivity contribution in [3.05, 3.63) is 54.1 Å². The van der Waals surface area contributed by atoms with Gasteiger partial charge in [-0.15, -0.1) is 0 Å². The summed E-state index contributed by atoms with van der Waals surface area (Å²) in [5.74, 6) is 1.36. The minimum atomic E-state index is -0.194. The highest BCUT2D eigenvalue weighted by molar-refractivity contribution is 5.94. The second-order valence-corrected chi connectivity index (χ2v) is 10.5. The minimum Gasteiger partial charge on any atom is -0.488 e. The zero-order valence-corrected chi connectivity index (χ0v) is 22.3. The van der Waals surface area contributed by atoms with E-state index in [1.54, 1.807) is 0 Å². The number of likely N-dealkylation sites (tertiary alicyclic amines) is 1. The Hall–Kier alpha value is -2.86. The molecule has 1 saturated heterocycles. The average Bonchev–Trinajstić information content (AvgIpc) is 3.36. The molecule has 0 spiro atoms. The third kappa shape index (κ3) is 8.32. The quantitative estimate of drug-likeness (QED) is 0.229. The van der Waals surface area contributed by atoms with E-state index in [0.29, 0.717) is 12.0 Å². The summed E-state index contributed by atoms with van der Waals surface area (Å²) in [6.45, 7) is 3.37. The van der Waals surface area contributed by atoms with Gasteiger partial charge in [-0.1, -0.05) is 61.7 Å². The van der Waals surface area contributed by atoms with Gasteiger partial charge in [0.25, 0.3) is 5.91 Å². The lowest BCUT2D eigenvalue weighted by Crippen LogP contribution is -2.39. The fourth-order valence-corrected chi connectivity index (χ4v) is 5.62. The van der Waals surface area contributed by atoms with E-state index >= 15 is 0 Å². The molecule has 1 amide bonds. The van der Waals surface area contributed by atoms with E-state index in [1.807, 2.05) is 36.4 Å². The molecule has 200 valence electrons. The van der Waals surface area contributed by atoms with Gasteiger partial charge in [-0.2, -0.15) is 0 Å². The van der Waals surface area contributed by atoms with Crippen LogP contribution in [0.25, 0.3) is 10.8 Å². The number of carbonyl (C=O) groups excluding carboxylic acids is 2. The fraction of sp³-hybridized carbons (Fsp3) is 0.548. The number of hydrogen-bond acceptors (Lipinski definition) is 5. The summed E-state index contributed by atoms with van der Waals surface area (Å²) in [6, 6.07) is 14.3. The number of unbranched alkanes of at least 4 members (excludes halogenated alkanes) is 2. The van der Waals surface area contributed by atoms with Gasteiger partial charge in [0.15, 0.2) is 0 Å². The van der Waals surface area contributed by atoms with Crippen molar-refractivity contribution in [2.45, 2.75) is 70.3 Å². The molecule has 2 aliphatic rings. The van der Waals surface area contributed by atoms with Crippen LogP contribution in [0.5, 0.6) is 5.75 Å². The lowest BCUT2D eigenvalue weighted by atomic mass is 9.89. The maximum absolute atomic E-state index is 13.3. The van der Waals surface area contributed by atoms with Crippen molar-refractivity contribution < 1.29 is 19.1 Å². The fourth-order valence-electron chi connectivity index (χ4n) is 5.62. The van der Waals surface area contributed by atoms with Crippen LogP contribution in [0.3, 0.4) is 0 Å². The molecule has 6 heteroatoms. The maximum atomic E-state index is 13.3. The van der Waals surface area contributed by atoms with Gasteiger partial charge in [-0.05, 0) is 55.9 Å². The number of fused-ring (bicyclic) bond motifs is 1. The van der Waals surface area contributed by atoms with Crippen molar-refractivity contribution in [1.82, 2.24) is 10.2 Å². The van der Waals surface area contributed by atoms with Gasteiger partial charge in [-0.25, -0.2) is 0 Å². The monoisotopic (exact) mass is 506 g/mol. The second-order valence-electron chi connectivity index (χ2n) is 10.5. The SMILES string of the molecule is COC(=O)CCCCC=C(COc1cccc2ccccc12)C(=O)NC1CCN(CC2CCCCC2)C1. The molecule has 1 aliphatic carbocycles. The number of esters is 1. The Balaban J connectivity index is 1.34. The summed E-state index contributed by atoms with van der Waals surface area (Å²) in [5, 5.41) is 5.44. The molecule has 6 nitrogen and oxygen atoms in total. The molecule has 2 aromatic carbocycles. The standard InChI is InChI=1S/C31H42N2O4/c1-36-30(34)18-7-3-6-14-26(23-37-29-17-10-15-25-13-8-9-16-28(25)29)31(35)32-27-19-20-33(22-27)21-24-11-4-2-5-12-24/h8-10,13-17,24,27H,2-7,11-12,18-23H2,1H3,(H,32,35). The normalized spacial score (nSPS) is 19.2. The number of allylic oxidation sites excluding steroid dienone is 1. The van der Waals surface area contributed by atoms with E-state index in [1.165, 1.54) is 45.8 Å². The van der Waals surface area contributed by atoms with Gasteiger partial charge >= 0.3 is 5.97 Å². The molecule has 2 aromatic rings. The van der Waals surface area contributed by atoms with Crippen LogP contribution in [0.4, 0.5) is 0 Å². The van der Waals surface area contributed by atoms with E-state index in [9.17, 15) is 9.59 Å². The predicted octanol–water partition coefficient (Wildman–Crippen LogP) is 5.65. The highest BCUT2D eigenvalue weighted by Crippen LogP contribution is 2.27. The molecule has 1 unspecified atom stereocenters. The Kier molecular flexibility index (Phi) is 10.4. The zero-order valence-electron chi connectivity index (χ0n) is 22.3. The topological polar surface area (TPSA) is 67.9 Å². The summed E-state index contributed by atoms with van der Waals surface area (Å²) < 4.78 is 10.9. The molecular weight excluding hydrogens is 464 g/mol. The van der Waals surface area contributed by atoms with Crippen LogP contribution >= 0.6 is 0 Å². The zero-order chi connectivity index (χ0) is 25.9. The molecular formula is C31H42N2O4. The van der Waals surface area contributed by atoms with Gasteiger partial charge < -0.3 is 19.7 Å². The number of nitrogens with zero attached hydrogens (tertiary/aromatic N) is 1. The van der Waals surface area contributed by atoms with Crippen LogP contribution in [-0.4, -0.2) is 56.2 Å². The smallest absolute Gasteiger partial charge is 0.305 e. The van der Waals surface area contributed by atoms with Crippen molar-refractivity contribution in [2.24, 2.45) is 5.92 Å². The first-order valence-corrected chi connectivity index (χ1v) is 14.0. The Morgan fingerprint density at radius 3 is 2.68 bits per heavy atom. The number of hydrogen-bond donors (Lipinski definition) is 1. The number of rotatable bonds is 12. The van der Waals surface area contributed by atoms with Crippen LogP contribution in [0.2, 0.25) is 0 Å². The van der Waals surface area contributed by atoms with Crippen LogP contribution in [0.1, 0.15) is 64.2 Å². The van der Waals surface area contributed by atoms with Gasteiger partial charge in [-0.3, -0.25) is 9.59 Å². The third-order valence-electron chi connectivity index (χ3n) is 7.73. The summed E-state index contributed by atoms with van der Waals surface area (Å²) >= 11 is 0. The van der Waals surface area contributed by atoms with Gasteiger partial charge in [0, 0.05) is 37.5 Å². The summed E-state index contributed by atoms with van der Waals surface area (Å²) in [6.07, 6.45) is 12.5. The average molecular weight is 507 g/mol. The molecule has 1 atom stereocenters. The lowest BCUT2D eigenvalue weighted by molar-refractivity contribution is -0.140. The van der Waals surface area contributed by atoms with E-state index in [0.717, 1.165) is 61.2 Å². The lowest BCUT2D eigenvalue weighted by Gasteiger charge is -2.26. The van der Waals surface area contributed by atoms with Crippen LogP contribution in [0, 0.1) is 5.92 Å². The maximum Gasteiger partial charge on any atom is 0.305 e. The number of amides is 1. The number of methoxy groups -OCH3 is 1. The summed E-state index contributed by atoms with van der Waals surface area (Å²) in [7, 11) is 1.41. The Bertz CT molecular complexity index is 1050. The van der Waals surface area contributed by atoms with Crippen LogP contribution in [0.15, 0.2) is 54.1 Å². The molecule has 37 heavy (non-hydrogen) atoms. The highest BCUT2D eigenvalue weighted by atomic mass is 16.5. The molecule has 0 bridgehead atoms. The first-order valence-electron chi connectivity index (χ1n) is 14.0. The Labute approximate surface area is 221 Å². The molecule has 0 radical (unpaired) electrons. The molecule has 1 aliphatic heterocycles. The first-order chi connectivity index (χ1) is 18.1. The van der Waals surface area contributed by atoms with Crippen molar-refractivity contribution in [3.63, 3.8) is 0 Å². The second kappa shape index (κ2) is 14.2. The largest absolute Gasteiger partial charge is 0.488 e. The van der Waals surface area contributed by atoms with Crippen molar-refractivity contribution in [1.29, 1.82) is 0 Å². The van der Waals surface area contributed by atoms with E-state index in [2.05, 4.69) is 22.3 Å². The first kappa shape index (κ1) is 27.2. The van der Waals surface area contributed by atoms with E-state index < -0.39 is 0 Å². The molecule has 1 saturated carbocycles. The van der Waals surface area contributed by atoms with Crippen molar-refractivity contribution in [2.75, 3.05) is 33.4 Å². The van der Waals surface area contributed by atoms with Gasteiger partial charge in [0.05, 0.1) is 12.7 Å². The summed E-state index contributed by atoms with van der Waals surface area (Å²) in [5.41, 5.74) is 0.650. The van der Waals surface area contributed by atoms with Crippen LogP contribution < -0.4 is 10.1 Å². The predicted molar refractivity (Wildman–Crippen MR) is 148 cm³/mol. The Morgan fingerprint density at radius 1 is 1.03 bits per heavy atom. The van der Waals surface area contributed by atoms with Crippen LogP contribution in [-0.2, 0) is 14.3 Å². The number of carbonyl (C=O) groups is 2. The molecule has 1 heterocycles. The molecule has 1 N–H and O–H groups in total. The van der Waals surface area contributed by atoms with E-state index in [4.69, 9.17) is 9.47 Å². The molecule has 0 aromatic heterocycles. The van der Waals surface area contributed by atoms with E-state index in [-0.39, 0.29) is 24.5 Å². The molecule has 4 rings (SSSR count). The Morgan fingerprint density at radius 2 is 1.84 bits per heavy atom. The van der Waals surface area contributed by atoms with Crippen molar-refractivity contribution in [3.8, 4) is 5.75 Å². The van der Waals surface area contributed by atoms with Gasteiger partial charge in [0.2, 0.25) is 0 Å². The number of benzene rings is 2. The summed E-state index contributed by atoms with van der Waals surface area (Å²) in [4.78, 5) is 27.3. The molecule has 2 fully saturated rings. The van der Waals surface area contributed by atoms with Gasteiger partial charge in [0.1, 0.15) is 12.4 Å². The number of nitrogens with one attached hydrogen (secondary N) is 1.